The van der Waals surface area contributed by atoms with Crippen LogP contribution >= 0.6 is 11.3 Å². The summed E-state index contributed by atoms with van der Waals surface area (Å²) >= 11 is 1.97. The minimum atomic E-state index is 0.333. The van der Waals surface area contributed by atoms with E-state index in [-0.39, 0.29) is 0 Å². The van der Waals surface area contributed by atoms with Gasteiger partial charge in [0, 0.05) is 47.7 Å². The molecule has 37 heavy (non-hydrogen) atoms. The summed E-state index contributed by atoms with van der Waals surface area (Å²) in [6.45, 7) is 14.9. The Morgan fingerprint density at radius 3 is 2.65 bits per heavy atom. The van der Waals surface area contributed by atoms with Crippen molar-refractivity contribution in [3.05, 3.63) is 39.7 Å². The number of rotatable bonds is 5. The number of pyridine rings is 1. The summed E-state index contributed by atoms with van der Waals surface area (Å²) in [5, 5.41) is 5.86. The van der Waals surface area contributed by atoms with E-state index in [4.69, 9.17) is 0 Å². The Labute approximate surface area is 221 Å². The summed E-state index contributed by atoms with van der Waals surface area (Å²) in [6.07, 6.45) is 7.36. The van der Waals surface area contributed by atoms with Crippen LogP contribution in [-0.4, -0.2) is 67.5 Å². The molecule has 3 atom stereocenters. The number of aryl methyl sites for hydroxylation is 2. The molecule has 6 heterocycles. The second-order valence-electron chi connectivity index (χ2n) is 11.8. The molecule has 7 nitrogen and oxygen atoms in total. The van der Waals surface area contributed by atoms with E-state index in [2.05, 4.69) is 60.8 Å². The van der Waals surface area contributed by atoms with E-state index in [9.17, 15) is 4.79 Å². The molecule has 2 saturated heterocycles. The standard InChI is InChI=1S/C29H36N6OS/c1-15(2)24-25-18(5)27(21-10-20-9-19(21)11-34(20)13-23(36)33-7-6-8-33)37-29(25)32-26(24)22-12-35-28(30-14-31-35)17(4)16(22)3/h12,14-15,19-21,32H,6-11,13H2,1-5H3/t19-,20-,21+/m0/s1. The van der Waals surface area contributed by atoms with Gasteiger partial charge in [-0.25, -0.2) is 9.50 Å². The minimum absolute atomic E-state index is 0.333. The fourth-order valence-electron chi connectivity index (χ4n) is 7.25. The average Bonchev–Trinajstić information content (AvgIpc) is 3.62. The summed E-state index contributed by atoms with van der Waals surface area (Å²) in [5.74, 6) is 2.01. The topological polar surface area (TPSA) is 69.5 Å². The summed E-state index contributed by atoms with van der Waals surface area (Å²) < 4.78 is 1.91. The number of thiophene rings is 1. The number of piperidine rings is 1. The van der Waals surface area contributed by atoms with Crippen molar-refractivity contribution in [1.29, 1.82) is 0 Å². The van der Waals surface area contributed by atoms with Crippen LogP contribution in [0.2, 0.25) is 0 Å². The Balaban J connectivity index is 1.22. The quantitative estimate of drug-likeness (QED) is 0.386. The summed E-state index contributed by atoms with van der Waals surface area (Å²) in [6, 6.07) is 0.556. The third-order valence-electron chi connectivity index (χ3n) is 9.47. The second-order valence-corrected chi connectivity index (χ2v) is 12.9. The fraction of sp³-hybridized carbons (Fsp3) is 0.552. The van der Waals surface area contributed by atoms with Gasteiger partial charge in [0.2, 0.25) is 5.91 Å². The van der Waals surface area contributed by atoms with E-state index in [1.54, 1.807) is 11.2 Å². The molecule has 1 saturated carbocycles. The predicted molar refractivity (Wildman–Crippen MR) is 148 cm³/mol. The van der Waals surface area contributed by atoms with Crippen molar-refractivity contribution in [2.45, 2.75) is 71.8 Å². The van der Waals surface area contributed by atoms with Crippen LogP contribution in [0, 0.1) is 26.7 Å². The molecule has 2 bridgehead atoms. The van der Waals surface area contributed by atoms with Gasteiger partial charge >= 0.3 is 0 Å². The zero-order valence-electron chi connectivity index (χ0n) is 22.5. The van der Waals surface area contributed by atoms with Crippen molar-refractivity contribution < 1.29 is 4.79 Å². The van der Waals surface area contributed by atoms with Crippen molar-refractivity contribution in [2.75, 3.05) is 26.2 Å². The number of hydrogen-bond acceptors (Lipinski definition) is 5. The van der Waals surface area contributed by atoms with E-state index in [0.29, 0.717) is 36.2 Å². The van der Waals surface area contributed by atoms with E-state index in [1.165, 1.54) is 63.0 Å². The SMILES string of the molecule is Cc1c(-c2[nH]c3sc([C@@H]4C[C@@H]5C[C@H]4CN5CC(=O)N4CCC4)c(C)c3c2C(C)C)cn2ncnc2c1C. The molecule has 4 aromatic rings. The predicted octanol–water partition coefficient (Wildman–Crippen LogP) is 5.40. The molecule has 8 heteroatoms. The number of aromatic nitrogens is 4. The number of nitrogens with zero attached hydrogens (tertiary/aromatic N) is 5. The Kier molecular flexibility index (Phi) is 5.31. The number of nitrogens with one attached hydrogen (secondary N) is 1. The van der Waals surface area contributed by atoms with Crippen LogP contribution in [0.25, 0.3) is 27.1 Å². The third kappa shape index (κ3) is 3.44. The van der Waals surface area contributed by atoms with Gasteiger partial charge in [0.1, 0.15) is 11.2 Å². The maximum atomic E-state index is 12.6. The number of amides is 1. The molecule has 2 aliphatic heterocycles. The highest BCUT2D eigenvalue weighted by atomic mass is 32.1. The molecular formula is C29H36N6OS. The van der Waals surface area contributed by atoms with Gasteiger partial charge in [-0.2, -0.15) is 5.10 Å². The van der Waals surface area contributed by atoms with Crippen LogP contribution in [-0.2, 0) is 4.79 Å². The lowest BCUT2D eigenvalue weighted by atomic mass is 9.88. The van der Waals surface area contributed by atoms with E-state index in [1.807, 2.05) is 20.8 Å². The van der Waals surface area contributed by atoms with Crippen LogP contribution in [0.5, 0.6) is 0 Å². The van der Waals surface area contributed by atoms with E-state index >= 15 is 0 Å². The first-order valence-electron chi connectivity index (χ1n) is 13.8. The third-order valence-corrected chi connectivity index (χ3v) is 10.8. The zero-order valence-corrected chi connectivity index (χ0v) is 23.3. The smallest absolute Gasteiger partial charge is 0.236 e. The largest absolute Gasteiger partial charge is 0.346 e. The Morgan fingerprint density at radius 1 is 1.16 bits per heavy atom. The van der Waals surface area contributed by atoms with Crippen molar-refractivity contribution in [3.8, 4) is 11.3 Å². The second kappa shape index (κ2) is 8.40. The van der Waals surface area contributed by atoms with Crippen molar-refractivity contribution >= 4 is 33.1 Å². The van der Waals surface area contributed by atoms with Crippen LogP contribution in [0.1, 0.15) is 72.1 Å². The van der Waals surface area contributed by atoms with Crippen molar-refractivity contribution in [1.82, 2.24) is 29.4 Å². The highest BCUT2D eigenvalue weighted by molar-refractivity contribution is 7.19. The Hall–Kier alpha value is -2.71. The summed E-state index contributed by atoms with van der Waals surface area (Å²) in [4.78, 5) is 28.2. The van der Waals surface area contributed by atoms with Crippen molar-refractivity contribution in [3.63, 3.8) is 0 Å². The lowest BCUT2D eigenvalue weighted by molar-refractivity contribution is -0.136. The Bertz CT molecular complexity index is 1540. The van der Waals surface area contributed by atoms with Gasteiger partial charge in [-0.3, -0.25) is 9.69 Å². The van der Waals surface area contributed by atoms with Crippen LogP contribution in [0.4, 0.5) is 0 Å². The first-order valence-corrected chi connectivity index (χ1v) is 14.6. The summed E-state index contributed by atoms with van der Waals surface area (Å²) in [5.41, 5.74) is 8.69. The highest BCUT2D eigenvalue weighted by Gasteiger charge is 2.47. The molecule has 7 rings (SSSR count). The number of fused-ring (bicyclic) bond motifs is 4. The van der Waals surface area contributed by atoms with Gasteiger partial charge in [-0.1, -0.05) is 13.8 Å². The number of hydrogen-bond donors (Lipinski definition) is 1. The molecule has 194 valence electrons. The minimum Gasteiger partial charge on any atom is -0.346 e. The average molecular weight is 517 g/mol. The lowest BCUT2D eigenvalue weighted by Gasteiger charge is -2.35. The Morgan fingerprint density at radius 2 is 1.97 bits per heavy atom. The molecule has 0 unspecified atom stereocenters. The monoisotopic (exact) mass is 516 g/mol. The van der Waals surface area contributed by atoms with Gasteiger partial charge in [-0.15, -0.1) is 11.3 Å². The van der Waals surface area contributed by atoms with Gasteiger partial charge in [-0.05, 0) is 80.0 Å². The maximum Gasteiger partial charge on any atom is 0.236 e. The van der Waals surface area contributed by atoms with E-state index < -0.39 is 0 Å². The molecule has 4 aromatic heterocycles. The van der Waals surface area contributed by atoms with Gasteiger partial charge < -0.3 is 9.88 Å². The molecule has 0 spiro atoms. The number of carbonyl (C=O) groups excluding carboxylic acids is 1. The van der Waals surface area contributed by atoms with E-state index in [0.717, 1.165) is 25.3 Å². The first-order chi connectivity index (χ1) is 17.8. The fourth-order valence-corrected chi connectivity index (χ4v) is 8.68. The molecule has 0 aromatic carbocycles. The molecule has 1 amide bonds. The molecule has 1 N–H and O–H groups in total. The normalized spacial score (nSPS) is 23.7. The van der Waals surface area contributed by atoms with Gasteiger partial charge in [0.05, 0.1) is 12.2 Å². The molecular weight excluding hydrogens is 480 g/mol. The molecule has 0 radical (unpaired) electrons. The molecule has 3 aliphatic rings. The lowest BCUT2D eigenvalue weighted by Crippen LogP contribution is -2.49. The number of likely N-dealkylation sites (tertiary alicyclic amines) is 2. The molecule has 3 fully saturated rings. The first kappa shape index (κ1) is 23.4. The summed E-state index contributed by atoms with van der Waals surface area (Å²) in [7, 11) is 0. The molecule has 1 aliphatic carbocycles. The number of H-pyrrole nitrogens is 1. The highest BCUT2D eigenvalue weighted by Crippen LogP contribution is 2.53. The van der Waals surface area contributed by atoms with Crippen LogP contribution in [0.3, 0.4) is 0 Å². The number of aromatic amines is 1. The number of carbonyl (C=O) groups is 1. The van der Waals surface area contributed by atoms with Gasteiger partial charge in [0.25, 0.3) is 0 Å². The van der Waals surface area contributed by atoms with Gasteiger partial charge in [0.15, 0.2) is 5.65 Å². The van der Waals surface area contributed by atoms with Crippen LogP contribution < -0.4 is 0 Å². The van der Waals surface area contributed by atoms with Crippen LogP contribution in [0.15, 0.2) is 12.5 Å². The zero-order chi connectivity index (χ0) is 25.6. The van der Waals surface area contributed by atoms with Crippen molar-refractivity contribution in [2.24, 2.45) is 5.92 Å². The maximum absolute atomic E-state index is 12.6.